The molecule has 96 valence electrons. The lowest BCUT2D eigenvalue weighted by atomic mass is 9.96. The van der Waals surface area contributed by atoms with Crippen molar-refractivity contribution in [3.8, 4) is 0 Å². The maximum absolute atomic E-state index is 4.04. The van der Waals surface area contributed by atoms with Gasteiger partial charge in [0.25, 0.3) is 0 Å². The van der Waals surface area contributed by atoms with Crippen molar-refractivity contribution >= 4 is 8.24 Å². The third-order valence-corrected chi connectivity index (χ3v) is 7.53. The topological polar surface area (TPSA) is 12.0 Å². The first kappa shape index (κ1) is 13.1. The third kappa shape index (κ3) is 2.91. The molecule has 0 aliphatic heterocycles. The van der Waals surface area contributed by atoms with E-state index in [0.29, 0.717) is 0 Å². The van der Waals surface area contributed by atoms with Crippen LogP contribution in [0.15, 0.2) is 22.4 Å². The van der Waals surface area contributed by atoms with Gasteiger partial charge in [0.2, 0.25) is 0 Å². The van der Waals surface area contributed by atoms with Crippen molar-refractivity contribution in [2.45, 2.75) is 71.5 Å². The van der Waals surface area contributed by atoms with Crippen LogP contribution in [0.5, 0.6) is 0 Å². The number of hydrogen-bond donors (Lipinski definition) is 1. The van der Waals surface area contributed by atoms with Crippen molar-refractivity contribution in [1.29, 1.82) is 0 Å². The highest BCUT2D eigenvalue weighted by Gasteiger charge is 2.33. The Balaban J connectivity index is 2.07. The highest BCUT2D eigenvalue weighted by molar-refractivity contribution is 6.83. The normalized spacial score (nSPS) is 23.2. The minimum absolute atomic E-state index is 0.791. The third-order valence-electron chi connectivity index (χ3n) is 4.33. The van der Waals surface area contributed by atoms with Crippen LogP contribution in [0.3, 0.4) is 0 Å². The SMILES string of the molecule is CC1=CCC(C)=C1[Si](C)(C)NC1CCCCC1. The molecule has 0 aromatic rings. The second-order valence-electron chi connectivity index (χ2n) is 6.35. The highest BCUT2D eigenvalue weighted by Crippen LogP contribution is 2.32. The standard InChI is InChI=1S/C15H27NSi/c1-12-10-11-13(2)15(12)17(3,4)16-14-8-6-5-7-9-14/h10,14,16H,5-9,11H2,1-4H3. The zero-order valence-electron chi connectivity index (χ0n) is 11.9. The van der Waals surface area contributed by atoms with Gasteiger partial charge in [0.05, 0.1) is 0 Å². The molecule has 0 heterocycles. The van der Waals surface area contributed by atoms with Crippen molar-refractivity contribution in [3.63, 3.8) is 0 Å². The average molecular weight is 249 g/mol. The van der Waals surface area contributed by atoms with Crippen LogP contribution >= 0.6 is 0 Å². The lowest BCUT2D eigenvalue weighted by molar-refractivity contribution is 0.414. The molecule has 2 rings (SSSR count). The van der Waals surface area contributed by atoms with Crippen molar-refractivity contribution in [3.05, 3.63) is 22.4 Å². The molecule has 1 fully saturated rings. The monoisotopic (exact) mass is 249 g/mol. The van der Waals surface area contributed by atoms with Gasteiger partial charge in [-0.25, -0.2) is 0 Å². The molecule has 0 spiro atoms. The van der Waals surface area contributed by atoms with Gasteiger partial charge in [-0.1, -0.05) is 49.6 Å². The summed E-state index contributed by atoms with van der Waals surface area (Å²) in [6.07, 6.45) is 10.7. The van der Waals surface area contributed by atoms with Gasteiger partial charge in [-0.05, 0) is 38.3 Å². The van der Waals surface area contributed by atoms with Gasteiger partial charge in [0, 0.05) is 6.04 Å². The fourth-order valence-electron chi connectivity index (χ4n) is 3.70. The van der Waals surface area contributed by atoms with Gasteiger partial charge in [-0.3, -0.25) is 0 Å². The molecule has 1 N–H and O–H groups in total. The molecule has 0 aromatic heterocycles. The summed E-state index contributed by atoms with van der Waals surface area (Å²) in [5, 5.41) is 1.70. The Hall–Kier alpha value is -0.343. The van der Waals surface area contributed by atoms with E-state index in [1.54, 1.807) is 16.3 Å². The summed E-state index contributed by atoms with van der Waals surface area (Å²) in [6, 6.07) is 0.791. The predicted octanol–water partition coefficient (Wildman–Crippen LogP) is 4.32. The summed E-state index contributed by atoms with van der Waals surface area (Å²) in [5.41, 5.74) is 3.16. The second kappa shape index (κ2) is 5.11. The van der Waals surface area contributed by atoms with Crippen LogP contribution in [0.1, 0.15) is 52.4 Å². The molecule has 17 heavy (non-hydrogen) atoms. The molecular weight excluding hydrogens is 222 g/mol. The molecule has 2 heteroatoms. The fraction of sp³-hybridized carbons (Fsp3) is 0.733. The van der Waals surface area contributed by atoms with E-state index in [9.17, 15) is 0 Å². The molecule has 0 atom stereocenters. The lowest BCUT2D eigenvalue weighted by Crippen LogP contribution is -2.53. The molecule has 2 aliphatic rings. The molecule has 0 amide bonds. The maximum Gasteiger partial charge on any atom is 0.151 e. The van der Waals surface area contributed by atoms with Crippen LogP contribution in [-0.4, -0.2) is 14.3 Å². The second-order valence-corrected chi connectivity index (χ2v) is 10.4. The first-order valence-corrected chi connectivity index (χ1v) is 10.2. The average Bonchev–Trinajstić information content (AvgIpc) is 2.59. The van der Waals surface area contributed by atoms with Crippen LogP contribution in [0.2, 0.25) is 13.1 Å². The van der Waals surface area contributed by atoms with Crippen LogP contribution in [0.4, 0.5) is 0 Å². The first-order chi connectivity index (χ1) is 8.00. The van der Waals surface area contributed by atoms with Crippen LogP contribution < -0.4 is 4.98 Å². The van der Waals surface area contributed by atoms with E-state index in [0.717, 1.165) is 6.04 Å². The summed E-state index contributed by atoms with van der Waals surface area (Å²) in [7, 11) is -1.42. The molecule has 2 aliphatic carbocycles. The Bertz CT molecular complexity index is 346. The Morgan fingerprint density at radius 1 is 1.12 bits per heavy atom. The minimum atomic E-state index is -1.42. The number of allylic oxidation sites excluding steroid dienone is 4. The van der Waals surface area contributed by atoms with E-state index in [2.05, 4.69) is 38.0 Å². The minimum Gasteiger partial charge on any atom is -0.331 e. The van der Waals surface area contributed by atoms with Gasteiger partial charge in [0.15, 0.2) is 8.24 Å². The van der Waals surface area contributed by atoms with Crippen LogP contribution in [0.25, 0.3) is 0 Å². The lowest BCUT2D eigenvalue weighted by Gasteiger charge is -2.34. The molecular formula is C15H27NSi. The van der Waals surface area contributed by atoms with Gasteiger partial charge >= 0.3 is 0 Å². The zero-order valence-corrected chi connectivity index (χ0v) is 12.9. The first-order valence-electron chi connectivity index (χ1n) is 7.16. The van der Waals surface area contributed by atoms with Gasteiger partial charge in [-0.2, -0.15) is 0 Å². The number of hydrogen-bond acceptors (Lipinski definition) is 1. The van der Waals surface area contributed by atoms with Crippen molar-refractivity contribution < 1.29 is 0 Å². The van der Waals surface area contributed by atoms with E-state index in [-0.39, 0.29) is 0 Å². The Kier molecular flexibility index (Phi) is 3.94. The van der Waals surface area contributed by atoms with E-state index < -0.39 is 8.24 Å². The Labute approximate surface area is 107 Å². The number of rotatable bonds is 3. The van der Waals surface area contributed by atoms with E-state index in [1.807, 2.05) is 0 Å². The highest BCUT2D eigenvalue weighted by atomic mass is 28.3. The summed E-state index contributed by atoms with van der Waals surface area (Å²) < 4.78 is 0. The molecule has 0 unspecified atom stereocenters. The van der Waals surface area contributed by atoms with E-state index in [1.165, 1.54) is 38.5 Å². The summed E-state index contributed by atoms with van der Waals surface area (Å²) in [4.78, 5) is 4.04. The molecule has 0 radical (unpaired) electrons. The van der Waals surface area contributed by atoms with Crippen molar-refractivity contribution in [1.82, 2.24) is 4.98 Å². The molecule has 0 saturated heterocycles. The zero-order chi connectivity index (χ0) is 12.5. The predicted molar refractivity (Wildman–Crippen MR) is 78.6 cm³/mol. The van der Waals surface area contributed by atoms with Crippen molar-refractivity contribution in [2.75, 3.05) is 0 Å². The van der Waals surface area contributed by atoms with Gasteiger partial charge in [-0.15, -0.1) is 0 Å². The number of nitrogens with one attached hydrogen (secondary N) is 1. The summed E-state index contributed by atoms with van der Waals surface area (Å²) in [5.74, 6) is 0. The summed E-state index contributed by atoms with van der Waals surface area (Å²) >= 11 is 0. The van der Waals surface area contributed by atoms with E-state index in [4.69, 9.17) is 0 Å². The Morgan fingerprint density at radius 3 is 2.29 bits per heavy atom. The van der Waals surface area contributed by atoms with Crippen LogP contribution in [0, 0.1) is 0 Å². The fourth-order valence-corrected chi connectivity index (χ4v) is 7.41. The van der Waals surface area contributed by atoms with Gasteiger partial charge in [0.1, 0.15) is 0 Å². The smallest absolute Gasteiger partial charge is 0.151 e. The molecule has 1 nitrogen and oxygen atoms in total. The Morgan fingerprint density at radius 2 is 1.76 bits per heavy atom. The molecule has 1 saturated carbocycles. The summed E-state index contributed by atoms with van der Waals surface area (Å²) in [6.45, 7) is 9.59. The maximum atomic E-state index is 4.04. The largest absolute Gasteiger partial charge is 0.331 e. The van der Waals surface area contributed by atoms with Gasteiger partial charge < -0.3 is 4.98 Å². The van der Waals surface area contributed by atoms with Crippen molar-refractivity contribution in [2.24, 2.45) is 0 Å². The van der Waals surface area contributed by atoms with Crippen LogP contribution in [-0.2, 0) is 0 Å². The van der Waals surface area contributed by atoms with E-state index >= 15 is 0 Å². The molecule has 0 bridgehead atoms. The quantitative estimate of drug-likeness (QED) is 0.735. The molecule has 0 aromatic carbocycles.